The average Bonchev–Trinajstić information content (AvgIpc) is 2.69. The van der Waals surface area contributed by atoms with Gasteiger partial charge in [0.2, 0.25) is 0 Å². The van der Waals surface area contributed by atoms with Crippen LogP contribution in [0.3, 0.4) is 0 Å². The van der Waals surface area contributed by atoms with E-state index in [2.05, 4.69) is 0 Å². The highest BCUT2D eigenvalue weighted by Gasteiger charge is 2.23. The van der Waals surface area contributed by atoms with Crippen molar-refractivity contribution in [2.45, 2.75) is 52.9 Å². The maximum absolute atomic E-state index is 15.4. The van der Waals surface area contributed by atoms with E-state index < -0.39 is 11.4 Å². The molecule has 2 N–H and O–H groups in total. The largest absolute Gasteiger partial charge is 0.508 e. The van der Waals surface area contributed by atoms with Crippen molar-refractivity contribution < 1.29 is 19.4 Å². The predicted molar refractivity (Wildman–Crippen MR) is 119 cm³/mol. The van der Waals surface area contributed by atoms with Gasteiger partial charge in [-0.1, -0.05) is 57.0 Å². The summed E-state index contributed by atoms with van der Waals surface area (Å²) in [6, 6.07) is 11.9. The zero-order chi connectivity index (χ0) is 21.9. The number of halogens is 1. The van der Waals surface area contributed by atoms with Gasteiger partial charge in [0.1, 0.15) is 11.6 Å². The molecule has 0 aromatic heterocycles. The molecule has 0 amide bonds. The highest BCUT2D eigenvalue weighted by Crippen LogP contribution is 2.39. The second-order valence-electron chi connectivity index (χ2n) is 8.93. The van der Waals surface area contributed by atoms with E-state index in [-0.39, 0.29) is 11.6 Å². The first-order chi connectivity index (χ1) is 14.2. The van der Waals surface area contributed by atoms with Crippen LogP contribution in [0.2, 0.25) is 0 Å². The van der Waals surface area contributed by atoms with Crippen LogP contribution in [0.25, 0.3) is 11.1 Å². The van der Waals surface area contributed by atoms with Crippen molar-refractivity contribution in [2.24, 2.45) is 5.41 Å². The number of aliphatic carboxylic acids is 1. The molecule has 2 aromatic carbocycles. The van der Waals surface area contributed by atoms with Gasteiger partial charge in [0, 0.05) is 11.6 Å². The zero-order valence-corrected chi connectivity index (χ0v) is 17.8. The van der Waals surface area contributed by atoms with E-state index in [0.717, 1.165) is 42.9 Å². The lowest BCUT2D eigenvalue weighted by Gasteiger charge is -2.24. The van der Waals surface area contributed by atoms with E-state index in [0.29, 0.717) is 16.7 Å². The lowest BCUT2D eigenvalue weighted by atomic mass is 9.80. The Labute approximate surface area is 177 Å². The summed E-state index contributed by atoms with van der Waals surface area (Å²) in [6.07, 6.45) is 6.39. The fraction of sp³-hybridized carbons (Fsp3) is 0.346. The number of phenolic OH excluding ortho intramolecular Hbond substituents is 1. The Morgan fingerprint density at radius 1 is 0.967 bits per heavy atom. The number of phenols is 1. The summed E-state index contributed by atoms with van der Waals surface area (Å²) in [4.78, 5) is 11.3. The molecule has 0 heterocycles. The normalized spacial score (nSPS) is 15.2. The Kier molecular flexibility index (Phi) is 6.45. The Morgan fingerprint density at radius 2 is 1.57 bits per heavy atom. The van der Waals surface area contributed by atoms with Gasteiger partial charge in [0.15, 0.2) is 0 Å². The molecule has 0 radical (unpaired) electrons. The third-order valence-electron chi connectivity index (χ3n) is 5.59. The Morgan fingerprint density at radius 3 is 2.10 bits per heavy atom. The first kappa shape index (κ1) is 21.8. The van der Waals surface area contributed by atoms with Gasteiger partial charge >= 0.3 is 5.97 Å². The second-order valence-corrected chi connectivity index (χ2v) is 8.93. The van der Waals surface area contributed by atoms with Crippen LogP contribution in [0.4, 0.5) is 4.39 Å². The van der Waals surface area contributed by atoms with Gasteiger partial charge in [-0.25, -0.2) is 9.18 Å². The summed E-state index contributed by atoms with van der Waals surface area (Å²) in [5.74, 6) is -1.23. The molecule has 0 saturated heterocycles. The van der Waals surface area contributed by atoms with Gasteiger partial charge < -0.3 is 10.2 Å². The maximum atomic E-state index is 15.4. The fourth-order valence-corrected chi connectivity index (χ4v) is 4.15. The molecule has 3 rings (SSSR count). The lowest BCUT2D eigenvalue weighted by molar-refractivity contribution is -0.131. The van der Waals surface area contributed by atoms with E-state index in [1.54, 1.807) is 18.2 Å². The summed E-state index contributed by atoms with van der Waals surface area (Å²) in [5.41, 5.74) is 4.24. The van der Waals surface area contributed by atoms with E-state index >= 15 is 4.39 Å². The Hall–Kier alpha value is -2.88. The van der Waals surface area contributed by atoms with Crippen LogP contribution >= 0.6 is 0 Å². The Bertz CT molecular complexity index is 984. The van der Waals surface area contributed by atoms with Crippen LogP contribution in [-0.4, -0.2) is 16.2 Å². The first-order valence-corrected chi connectivity index (χ1v) is 10.4. The third-order valence-corrected chi connectivity index (χ3v) is 5.59. The molecule has 0 unspecified atom stereocenters. The summed E-state index contributed by atoms with van der Waals surface area (Å²) >= 11 is 0. The molecule has 0 aliphatic heterocycles. The molecule has 3 nitrogen and oxygen atoms in total. The molecule has 158 valence electrons. The smallest absolute Gasteiger partial charge is 0.328 e. The minimum Gasteiger partial charge on any atom is -0.508 e. The van der Waals surface area contributed by atoms with Gasteiger partial charge in [0.05, 0.1) is 0 Å². The van der Waals surface area contributed by atoms with Crippen molar-refractivity contribution in [3.05, 3.63) is 76.6 Å². The number of hydrogen-bond acceptors (Lipinski definition) is 2. The molecule has 1 fully saturated rings. The van der Waals surface area contributed by atoms with Crippen LogP contribution in [0.15, 0.2) is 54.1 Å². The van der Waals surface area contributed by atoms with Gasteiger partial charge in [-0.2, -0.15) is 0 Å². The molecule has 2 aromatic rings. The van der Waals surface area contributed by atoms with Crippen LogP contribution in [0.1, 0.15) is 69.6 Å². The van der Waals surface area contributed by atoms with Crippen molar-refractivity contribution in [3.8, 4) is 5.75 Å². The van der Waals surface area contributed by atoms with Gasteiger partial charge in [0.25, 0.3) is 0 Å². The number of carboxylic acids is 1. The number of carbonyl (C=O) groups is 1. The van der Waals surface area contributed by atoms with Crippen LogP contribution in [0, 0.1) is 11.2 Å². The molecular weight excluding hydrogens is 379 g/mol. The van der Waals surface area contributed by atoms with E-state index in [1.165, 1.54) is 18.1 Å². The summed E-state index contributed by atoms with van der Waals surface area (Å²) in [6.45, 7) is 5.75. The second kappa shape index (κ2) is 8.86. The minimum atomic E-state index is -1.04. The molecule has 1 saturated carbocycles. The van der Waals surface area contributed by atoms with Crippen molar-refractivity contribution in [2.75, 3.05) is 0 Å². The number of carboxylic acid groups (broad SMARTS) is 1. The maximum Gasteiger partial charge on any atom is 0.328 e. The van der Waals surface area contributed by atoms with Gasteiger partial charge in [-0.05, 0) is 71.6 Å². The van der Waals surface area contributed by atoms with Gasteiger partial charge in [-0.3, -0.25) is 0 Å². The summed E-state index contributed by atoms with van der Waals surface area (Å²) in [5, 5.41) is 18.9. The average molecular weight is 409 g/mol. The summed E-state index contributed by atoms with van der Waals surface area (Å²) < 4.78 is 15.4. The molecule has 1 aliphatic rings. The van der Waals surface area contributed by atoms with Crippen molar-refractivity contribution in [1.82, 2.24) is 0 Å². The number of allylic oxidation sites excluding steroid dienone is 2. The van der Waals surface area contributed by atoms with E-state index in [1.807, 2.05) is 39.0 Å². The van der Waals surface area contributed by atoms with Crippen molar-refractivity contribution >= 4 is 17.1 Å². The van der Waals surface area contributed by atoms with Gasteiger partial charge in [-0.15, -0.1) is 0 Å². The first-order valence-electron chi connectivity index (χ1n) is 10.4. The van der Waals surface area contributed by atoms with Crippen molar-refractivity contribution in [1.29, 1.82) is 0 Å². The molecule has 1 aliphatic carbocycles. The molecule has 0 atom stereocenters. The molecule has 30 heavy (non-hydrogen) atoms. The lowest BCUT2D eigenvalue weighted by Crippen LogP contribution is -2.11. The standard InChI is InChI=1S/C26H29FO3/c1-26(2,3)22(16-24(29)30)19-11-14-21(23(27)15-19)25(17-7-5-4-6-8-17)18-9-12-20(28)13-10-18/h9-16,28H,4-8H2,1-3H3,(H,29,30)/b22-16-. The molecule has 4 heteroatoms. The van der Waals surface area contributed by atoms with Crippen LogP contribution < -0.4 is 0 Å². The number of aromatic hydroxyl groups is 1. The highest BCUT2D eigenvalue weighted by atomic mass is 19.1. The van der Waals surface area contributed by atoms with E-state index in [4.69, 9.17) is 0 Å². The van der Waals surface area contributed by atoms with Crippen LogP contribution in [-0.2, 0) is 4.79 Å². The number of rotatable bonds is 4. The summed E-state index contributed by atoms with van der Waals surface area (Å²) in [7, 11) is 0. The molecular formula is C26H29FO3. The third kappa shape index (κ3) is 4.99. The highest BCUT2D eigenvalue weighted by molar-refractivity contribution is 5.92. The van der Waals surface area contributed by atoms with Crippen LogP contribution in [0.5, 0.6) is 5.75 Å². The molecule has 0 bridgehead atoms. The quantitative estimate of drug-likeness (QED) is 0.546. The Balaban J connectivity index is 2.14. The topological polar surface area (TPSA) is 57.5 Å². The SMILES string of the molecule is CC(C)(C)/C(=C\C(=O)O)c1ccc(C(=C2CCCCC2)c2ccc(O)cc2)c(F)c1. The predicted octanol–water partition coefficient (Wildman–Crippen LogP) is 6.81. The van der Waals surface area contributed by atoms with Crippen molar-refractivity contribution in [3.63, 3.8) is 0 Å². The monoisotopic (exact) mass is 408 g/mol. The zero-order valence-electron chi connectivity index (χ0n) is 17.8. The van der Waals surface area contributed by atoms with E-state index in [9.17, 15) is 15.0 Å². The number of hydrogen-bond donors (Lipinski definition) is 2. The molecule has 0 spiro atoms. The number of benzene rings is 2. The fourth-order valence-electron chi connectivity index (χ4n) is 4.15. The minimum absolute atomic E-state index is 0.177.